The molecule has 1 heterocycles. The molecular weight excluding hydrogens is 286 g/mol. The third kappa shape index (κ3) is 2.21. The van der Waals surface area contributed by atoms with Crippen molar-refractivity contribution in [2.75, 3.05) is 10.6 Å². The summed E-state index contributed by atoms with van der Waals surface area (Å²) in [7, 11) is 0. The molecule has 0 aromatic heterocycles. The van der Waals surface area contributed by atoms with Crippen LogP contribution < -0.4 is 16.4 Å². The van der Waals surface area contributed by atoms with Gasteiger partial charge in [0.2, 0.25) is 0 Å². The second-order valence-corrected chi connectivity index (χ2v) is 5.72. The van der Waals surface area contributed by atoms with Gasteiger partial charge in [0.15, 0.2) is 0 Å². The lowest BCUT2D eigenvalue weighted by Crippen LogP contribution is -2.27. The number of hydrogen-bond donors (Lipinski definition) is 2. The highest BCUT2D eigenvalue weighted by atomic mass is 35.5. The highest BCUT2D eigenvalue weighted by Crippen LogP contribution is 2.43. The molecule has 1 unspecified atom stereocenters. The lowest BCUT2D eigenvalue weighted by molar-refractivity contribution is 0.100. The van der Waals surface area contributed by atoms with E-state index in [1.807, 2.05) is 18.2 Å². The first-order valence-corrected chi connectivity index (χ1v) is 7.13. The van der Waals surface area contributed by atoms with E-state index in [9.17, 15) is 4.79 Å². The summed E-state index contributed by atoms with van der Waals surface area (Å²) in [5, 5.41) is 0.437. The van der Waals surface area contributed by atoms with Crippen molar-refractivity contribution in [3.63, 3.8) is 0 Å². The van der Waals surface area contributed by atoms with E-state index in [0.717, 1.165) is 12.1 Å². The second kappa shape index (κ2) is 4.97. The van der Waals surface area contributed by atoms with Gasteiger partial charge in [0, 0.05) is 17.4 Å². The van der Waals surface area contributed by atoms with Gasteiger partial charge in [-0.2, -0.15) is 0 Å². The number of primary amides is 1. The Morgan fingerprint density at radius 3 is 2.76 bits per heavy atom. The molecule has 0 spiro atoms. The van der Waals surface area contributed by atoms with E-state index in [2.05, 4.69) is 17.9 Å². The molecule has 2 aromatic rings. The van der Waals surface area contributed by atoms with Crippen molar-refractivity contribution in [1.82, 2.24) is 0 Å². The van der Waals surface area contributed by atoms with E-state index in [4.69, 9.17) is 23.1 Å². The fourth-order valence-corrected chi connectivity index (χ4v) is 3.28. The van der Waals surface area contributed by atoms with Crippen LogP contribution in [0.25, 0.3) is 0 Å². The number of fused-ring (bicyclic) bond motifs is 1. The molecule has 4 N–H and O–H groups in total. The van der Waals surface area contributed by atoms with Crippen LogP contribution in [0.4, 0.5) is 17.1 Å². The molecule has 5 heteroatoms. The first-order valence-electron chi connectivity index (χ1n) is 6.75. The number of hydrogen-bond acceptors (Lipinski definition) is 3. The van der Waals surface area contributed by atoms with Crippen molar-refractivity contribution < 1.29 is 4.79 Å². The predicted molar refractivity (Wildman–Crippen MR) is 86.1 cm³/mol. The molecule has 21 heavy (non-hydrogen) atoms. The minimum Gasteiger partial charge on any atom is -0.399 e. The molecule has 3 rings (SSSR count). The summed E-state index contributed by atoms with van der Waals surface area (Å²) in [6.07, 6.45) is 0.898. The van der Waals surface area contributed by atoms with E-state index >= 15 is 0 Å². The van der Waals surface area contributed by atoms with Gasteiger partial charge < -0.3 is 16.4 Å². The number of benzene rings is 2. The van der Waals surface area contributed by atoms with Crippen LogP contribution in [0, 0.1) is 0 Å². The standard InChI is InChI=1S/C16H16ClN3O/c1-9-6-10-4-2-3-5-14(10)20(9)15-12(16(19)21)7-11(18)8-13(15)17/h2-5,7-9H,6,18H2,1H3,(H2,19,21). The Bertz CT molecular complexity index is 729. The molecule has 0 saturated carbocycles. The van der Waals surface area contributed by atoms with Gasteiger partial charge in [-0.05, 0) is 37.1 Å². The van der Waals surface area contributed by atoms with Crippen LogP contribution in [0.3, 0.4) is 0 Å². The van der Waals surface area contributed by atoms with Gasteiger partial charge in [-0.25, -0.2) is 0 Å². The monoisotopic (exact) mass is 301 g/mol. The van der Waals surface area contributed by atoms with E-state index in [-0.39, 0.29) is 6.04 Å². The summed E-state index contributed by atoms with van der Waals surface area (Å²) in [5.74, 6) is -0.532. The molecule has 0 saturated heterocycles. The topological polar surface area (TPSA) is 72.3 Å². The lowest BCUT2D eigenvalue weighted by atomic mass is 10.1. The van der Waals surface area contributed by atoms with Crippen LogP contribution in [0.1, 0.15) is 22.8 Å². The van der Waals surface area contributed by atoms with E-state index in [0.29, 0.717) is 22.0 Å². The number of anilines is 3. The van der Waals surface area contributed by atoms with Crippen LogP contribution in [0.5, 0.6) is 0 Å². The molecule has 108 valence electrons. The number of nitrogen functional groups attached to an aromatic ring is 1. The normalized spacial score (nSPS) is 16.9. The van der Waals surface area contributed by atoms with Crippen molar-refractivity contribution in [2.24, 2.45) is 5.73 Å². The van der Waals surface area contributed by atoms with Crippen LogP contribution in [-0.2, 0) is 6.42 Å². The fraction of sp³-hybridized carbons (Fsp3) is 0.188. The van der Waals surface area contributed by atoms with Crippen molar-refractivity contribution >= 4 is 34.6 Å². The zero-order valence-electron chi connectivity index (χ0n) is 11.6. The Balaban J connectivity index is 2.24. The van der Waals surface area contributed by atoms with Gasteiger partial charge in [-0.1, -0.05) is 29.8 Å². The zero-order valence-corrected chi connectivity index (χ0v) is 12.4. The number of nitrogens with zero attached hydrogens (tertiary/aromatic N) is 1. The Hall–Kier alpha value is -2.20. The summed E-state index contributed by atoms with van der Waals surface area (Å²) in [6.45, 7) is 2.09. The second-order valence-electron chi connectivity index (χ2n) is 5.32. The highest BCUT2D eigenvalue weighted by molar-refractivity contribution is 6.34. The van der Waals surface area contributed by atoms with Gasteiger partial charge in [0.1, 0.15) is 0 Å². The van der Waals surface area contributed by atoms with Crippen molar-refractivity contribution in [2.45, 2.75) is 19.4 Å². The smallest absolute Gasteiger partial charge is 0.250 e. The van der Waals surface area contributed by atoms with Gasteiger partial charge in [-0.15, -0.1) is 0 Å². The quantitative estimate of drug-likeness (QED) is 0.837. The van der Waals surface area contributed by atoms with Gasteiger partial charge in [0.05, 0.1) is 16.3 Å². The van der Waals surface area contributed by atoms with Gasteiger partial charge in [0.25, 0.3) is 5.91 Å². The maximum atomic E-state index is 11.8. The average Bonchev–Trinajstić information content (AvgIpc) is 2.74. The van der Waals surface area contributed by atoms with Crippen molar-refractivity contribution in [3.05, 3.63) is 52.5 Å². The summed E-state index contributed by atoms with van der Waals surface area (Å²) < 4.78 is 0. The van der Waals surface area contributed by atoms with Gasteiger partial charge in [-0.3, -0.25) is 4.79 Å². The number of amides is 1. The molecular formula is C16H16ClN3O. The Labute approximate surface area is 128 Å². The molecule has 1 aliphatic rings. The first kappa shape index (κ1) is 13.8. The molecule has 2 aromatic carbocycles. The van der Waals surface area contributed by atoms with E-state index < -0.39 is 5.91 Å². The number of rotatable bonds is 2. The van der Waals surface area contributed by atoms with Crippen LogP contribution >= 0.6 is 11.6 Å². The number of halogens is 1. The maximum Gasteiger partial charge on any atom is 0.250 e. The third-order valence-corrected chi connectivity index (χ3v) is 4.09. The lowest BCUT2D eigenvalue weighted by Gasteiger charge is -2.28. The van der Waals surface area contributed by atoms with Gasteiger partial charge >= 0.3 is 0 Å². The molecule has 0 fully saturated rings. The molecule has 1 atom stereocenters. The molecule has 0 radical (unpaired) electrons. The Morgan fingerprint density at radius 1 is 1.33 bits per heavy atom. The molecule has 0 bridgehead atoms. The SMILES string of the molecule is CC1Cc2ccccc2N1c1c(Cl)cc(N)cc1C(N)=O. The van der Waals surface area contributed by atoms with E-state index in [1.54, 1.807) is 12.1 Å². The Kier molecular flexibility index (Phi) is 3.26. The number of nitrogens with two attached hydrogens (primary N) is 2. The summed E-state index contributed by atoms with van der Waals surface area (Å²) in [6, 6.07) is 11.5. The molecule has 1 aliphatic heterocycles. The largest absolute Gasteiger partial charge is 0.399 e. The first-order chi connectivity index (χ1) is 9.99. The molecule has 1 amide bonds. The Morgan fingerprint density at radius 2 is 2.05 bits per heavy atom. The summed E-state index contributed by atoms with van der Waals surface area (Å²) in [4.78, 5) is 13.8. The third-order valence-electron chi connectivity index (χ3n) is 3.80. The summed E-state index contributed by atoms with van der Waals surface area (Å²) in [5.41, 5.74) is 15.0. The molecule has 4 nitrogen and oxygen atoms in total. The number of carbonyl (C=O) groups is 1. The summed E-state index contributed by atoms with van der Waals surface area (Å²) >= 11 is 6.36. The molecule has 0 aliphatic carbocycles. The van der Waals surface area contributed by atoms with E-state index in [1.165, 1.54) is 5.56 Å². The minimum atomic E-state index is -0.532. The average molecular weight is 302 g/mol. The van der Waals surface area contributed by atoms with Crippen LogP contribution in [-0.4, -0.2) is 11.9 Å². The van der Waals surface area contributed by atoms with Crippen molar-refractivity contribution in [1.29, 1.82) is 0 Å². The van der Waals surface area contributed by atoms with Crippen LogP contribution in [0.15, 0.2) is 36.4 Å². The number of para-hydroxylation sites is 1. The van der Waals surface area contributed by atoms with Crippen molar-refractivity contribution in [3.8, 4) is 0 Å². The highest BCUT2D eigenvalue weighted by Gasteiger charge is 2.31. The number of carbonyl (C=O) groups excluding carboxylic acids is 1. The zero-order chi connectivity index (χ0) is 15.1. The fourth-order valence-electron chi connectivity index (χ4n) is 2.96. The minimum absolute atomic E-state index is 0.196. The maximum absolute atomic E-state index is 11.8. The predicted octanol–water partition coefficient (Wildman–Crippen LogP) is 3.10. The van der Waals surface area contributed by atoms with Crippen LogP contribution in [0.2, 0.25) is 5.02 Å².